The van der Waals surface area contributed by atoms with Crippen molar-refractivity contribution in [2.45, 2.75) is 207 Å². The molecule has 27 nitrogen and oxygen atoms in total. The summed E-state index contributed by atoms with van der Waals surface area (Å²) in [5.41, 5.74) is 36.2. The van der Waals surface area contributed by atoms with Gasteiger partial charge in [-0.3, -0.25) is 42.6 Å². The Balaban J connectivity index is 0.0000118. The van der Waals surface area contributed by atoms with Crippen molar-refractivity contribution in [2.75, 3.05) is 13.2 Å². The zero-order chi connectivity index (χ0) is 66.7. The SMILES string of the molecule is C/C1=C2/[N-]C(/C=C3\[N-][C@H](/C(C)=C4\[N-][C@H]([C@H](CC(N)=O)[C@@]4(C)CCC(=O)NC[C@@H](C)OP(=O)(O)O[C@H]4[C@@H](O)[C@@H](n5cnc6cc(C)c(C)cc65)O[C@@H]4CO)[C@]4(C)[N-]C1[C@@H](CCC(N)=O)[C@]4(C)CC(N)=O)[C@@H](CCC(N)=O)C3(C)C)[C@@H](CCC(N)=O)[C@]2(C)CC(N)=O.[Co]. The van der Waals surface area contributed by atoms with Crippen molar-refractivity contribution in [3.8, 4) is 0 Å². The fraction of sp³-hybridized carbons (Fsp3) is 0.677. The Bertz CT molecular complexity index is 3340. The van der Waals surface area contributed by atoms with E-state index in [2.05, 4.69) is 10.3 Å². The van der Waals surface area contributed by atoms with Crippen LogP contribution < -0.4 is 39.7 Å². The van der Waals surface area contributed by atoms with Crippen molar-refractivity contribution in [3.63, 3.8) is 0 Å². The van der Waals surface area contributed by atoms with Crippen LogP contribution in [0.1, 0.15) is 150 Å². The maximum atomic E-state index is 14.4. The second kappa shape index (κ2) is 27.2. The number of ether oxygens (including phenoxy) is 1. The second-order valence-corrected chi connectivity index (χ2v) is 28.9. The number of rotatable bonds is 26. The minimum Gasteiger partial charge on any atom is -0.685 e. The van der Waals surface area contributed by atoms with E-state index in [-0.39, 0.29) is 94.0 Å². The minimum absolute atomic E-state index is 0. The van der Waals surface area contributed by atoms with Crippen molar-refractivity contribution >= 4 is 60.2 Å². The van der Waals surface area contributed by atoms with Crippen LogP contribution in [0.2, 0.25) is 0 Å². The van der Waals surface area contributed by atoms with E-state index in [9.17, 15) is 53.2 Å². The van der Waals surface area contributed by atoms with E-state index in [1.54, 1.807) is 4.57 Å². The zero-order valence-corrected chi connectivity index (χ0v) is 55.7. The maximum Gasteiger partial charge on any atom is 0.472 e. The predicted octanol–water partition coefficient (Wildman–Crippen LogP) is 4.85. The number of primary amides is 6. The number of aliphatic hydroxyl groups excluding tert-OH is 2. The average Bonchev–Trinajstić information content (AvgIpc) is 1.54. The number of nitrogens with zero attached hydrogens (tertiary/aromatic N) is 6. The van der Waals surface area contributed by atoms with Gasteiger partial charge in [0.2, 0.25) is 41.4 Å². The molecule has 5 saturated heterocycles. The Morgan fingerprint density at radius 3 is 1.90 bits per heavy atom. The zero-order valence-electron chi connectivity index (χ0n) is 53.8. The molecular formula is C62H92CoN13O14P-4. The van der Waals surface area contributed by atoms with Crippen molar-refractivity contribution in [1.29, 1.82) is 0 Å². The van der Waals surface area contributed by atoms with Gasteiger partial charge in [-0.25, -0.2) is 9.55 Å². The topological polar surface area (TPSA) is 467 Å². The summed E-state index contributed by atoms with van der Waals surface area (Å²) in [5.74, 6) is -6.86. The Morgan fingerprint density at radius 1 is 0.747 bits per heavy atom. The molecule has 1 radical (unpaired) electrons. The summed E-state index contributed by atoms with van der Waals surface area (Å²) in [6.45, 7) is 19.5. The third-order valence-electron chi connectivity index (χ3n) is 21.2. The maximum absolute atomic E-state index is 14.4. The first-order chi connectivity index (χ1) is 41.8. The molecule has 3 unspecified atom stereocenters. The molecule has 2 aromatic rings. The van der Waals surface area contributed by atoms with Gasteiger partial charge in [0, 0.05) is 68.3 Å². The summed E-state index contributed by atoms with van der Waals surface area (Å²) < 4.78 is 32.3. The van der Waals surface area contributed by atoms with E-state index in [0.29, 0.717) is 39.3 Å². The number of nitrogens with two attached hydrogens (primary N) is 6. The van der Waals surface area contributed by atoms with Crippen LogP contribution in [0.15, 0.2) is 52.8 Å². The number of carbonyl (C=O) groups is 7. The number of aromatic nitrogens is 2. The molecule has 5 fully saturated rings. The number of carbonyl (C=O) groups excluding carboxylic acids is 7. The van der Waals surface area contributed by atoms with Crippen molar-refractivity contribution < 1.29 is 83.8 Å². The van der Waals surface area contributed by atoms with Crippen LogP contribution in [-0.4, -0.2) is 133 Å². The van der Waals surface area contributed by atoms with Crippen molar-refractivity contribution in [2.24, 2.45) is 79.7 Å². The molecule has 18 atom stereocenters. The Labute approximate surface area is 541 Å². The van der Waals surface area contributed by atoms with Gasteiger partial charge >= 0.3 is 7.82 Å². The summed E-state index contributed by atoms with van der Waals surface area (Å²) in [7, 11) is -5.06. The summed E-state index contributed by atoms with van der Waals surface area (Å²) in [4.78, 5) is 109. The molecule has 0 spiro atoms. The van der Waals surface area contributed by atoms with Gasteiger partial charge in [-0.15, -0.1) is 34.8 Å². The Hall–Kier alpha value is -5.94. The molecule has 91 heavy (non-hydrogen) atoms. The number of fused-ring (bicyclic) bond motifs is 10. The molecule has 16 N–H and O–H groups in total. The van der Waals surface area contributed by atoms with E-state index >= 15 is 0 Å². The number of imidazole rings is 1. The van der Waals surface area contributed by atoms with Crippen LogP contribution in [0.25, 0.3) is 32.3 Å². The van der Waals surface area contributed by atoms with E-state index in [4.69, 9.17) is 69.5 Å². The summed E-state index contributed by atoms with van der Waals surface area (Å²) >= 11 is 0. The number of hydrogen-bond acceptors (Lipinski definition) is 14. The van der Waals surface area contributed by atoms with Crippen LogP contribution >= 0.6 is 7.82 Å². The van der Waals surface area contributed by atoms with Gasteiger partial charge in [0.25, 0.3) is 0 Å². The Kier molecular flexibility index (Phi) is 21.7. The van der Waals surface area contributed by atoms with Gasteiger partial charge in [0.1, 0.15) is 18.3 Å². The molecule has 0 saturated carbocycles. The molecule has 0 aliphatic carbocycles. The second-order valence-electron chi connectivity index (χ2n) is 27.5. The van der Waals surface area contributed by atoms with E-state index in [1.807, 2.05) is 87.4 Å². The Morgan fingerprint density at radius 2 is 1.32 bits per heavy atom. The summed E-state index contributed by atoms with van der Waals surface area (Å²) in [6.07, 6.45) is -3.96. The molecule has 8 bridgehead atoms. The fourth-order valence-electron chi connectivity index (χ4n) is 16.1. The molecule has 6 aliphatic rings. The first-order valence-electron chi connectivity index (χ1n) is 30.9. The van der Waals surface area contributed by atoms with Crippen LogP contribution in [0.3, 0.4) is 0 Å². The van der Waals surface area contributed by atoms with Gasteiger partial charge in [-0.1, -0.05) is 53.6 Å². The van der Waals surface area contributed by atoms with Gasteiger partial charge < -0.3 is 85.4 Å². The molecule has 1 aromatic carbocycles. The molecular weight excluding hydrogens is 1240 g/mol. The summed E-state index contributed by atoms with van der Waals surface area (Å²) in [5, 5.41) is 46.9. The number of allylic oxidation sites excluding steroid dienone is 3. The van der Waals surface area contributed by atoms with Gasteiger partial charge in [-0.05, 0) is 129 Å². The molecule has 29 heteroatoms. The minimum atomic E-state index is -5.06. The largest absolute Gasteiger partial charge is 0.685 e. The van der Waals surface area contributed by atoms with Crippen LogP contribution in [0.4, 0.5) is 0 Å². The first-order valence-corrected chi connectivity index (χ1v) is 32.4. The van der Waals surface area contributed by atoms with Crippen LogP contribution in [0.5, 0.6) is 0 Å². The first kappa shape index (κ1) is 72.5. The van der Waals surface area contributed by atoms with Crippen molar-refractivity contribution in [3.05, 3.63) is 85.2 Å². The number of hydrogen-bond donors (Lipinski definition) is 10. The average molecular weight is 1330 g/mol. The normalized spacial score (nSPS) is 36.3. The van der Waals surface area contributed by atoms with Crippen molar-refractivity contribution in [1.82, 2.24) is 14.9 Å². The monoisotopic (exact) mass is 1330 g/mol. The summed E-state index contributed by atoms with van der Waals surface area (Å²) in [6, 6.07) is 0.417. The van der Waals surface area contributed by atoms with Crippen LogP contribution in [0, 0.1) is 59.2 Å². The molecule has 7 amide bonds. The number of aliphatic hydroxyl groups is 2. The molecule has 6 aliphatic heterocycles. The third kappa shape index (κ3) is 14.0. The third-order valence-corrected chi connectivity index (χ3v) is 22.3. The molecule has 8 rings (SSSR count). The van der Waals surface area contributed by atoms with Crippen LogP contribution in [-0.2, 0) is 68.7 Å². The quantitative estimate of drug-likeness (QED) is 0.0563. The standard InChI is InChI=1S/C62H92N13O14P.Co/c1-29-20-39-40(21-30(29)2)75(28-70-39)57-52(84)53(41(27-76)87-57)89-90(85,86)88-31(3)26-69-49(83)18-19-59(8)37(22-46(66)80)56-62(11)61(10,25-48(68)82)36(14-17-45(65)79)51(74-62)33(5)55-60(9,24-47(67)81)34(12-15-43(63)77)38(71-55)23-42-58(6,7)35(13-16-44(64)78)50(72-42)32(4)54(59)73-56;/h20-21,23,28,31,34-38,41,50-53,56-57,76,84H,12-19,22,24-27H2,1-11H3,(H2,63,77)(H2,64,78)(H2,65,79)(H2,66,80)(H2,67,81)(H2,68,82)(H,69,83)(H,85,86);/q-4;/b42-23-,54-32-,55-33-;/t31-,34-,35-,36-,37+,38?,41-,50-,51?,52-,53-,56-,57+,59-,60+,61+,62+;/m1./s1. The van der Waals surface area contributed by atoms with Gasteiger partial charge in [0.05, 0.1) is 30.1 Å². The number of phosphoric ester groups is 1. The van der Waals surface area contributed by atoms with E-state index in [1.165, 1.54) is 13.3 Å². The molecule has 507 valence electrons. The number of phosphoric acid groups is 1. The fourth-order valence-corrected chi connectivity index (χ4v) is 17.3. The number of benzene rings is 1. The predicted molar refractivity (Wildman–Crippen MR) is 333 cm³/mol. The van der Waals surface area contributed by atoms with Gasteiger partial charge in [0.15, 0.2) is 6.23 Å². The van der Waals surface area contributed by atoms with E-state index in [0.717, 1.165) is 11.1 Å². The molecule has 7 heterocycles. The number of amides is 7. The number of aryl methyl sites for hydroxylation is 2. The molecule has 1 aromatic heterocycles. The smallest absolute Gasteiger partial charge is 0.472 e. The number of nitrogens with one attached hydrogen (secondary N) is 1. The van der Waals surface area contributed by atoms with Gasteiger partial charge in [-0.2, -0.15) is 17.1 Å². The van der Waals surface area contributed by atoms with E-state index < -0.39 is 161 Å².